The van der Waals surface area contributed by atoms with E-state index in [1.54, 1.807) is 0 Å². The van der Waals surface area contributed by atoms with Gasteiger partial charge in [0.05, 0.1) is 11.4 Å². The van der Waals surface area contributed by atoms with Gasteiger partial charge in [-0.1, -0.05) is 204 Å². The molecular formula is C76H70BN3S. The van der Waals surface area contributed by atoms with E-state index in [9.17, 15) is 0 Å². The van der Waals surface area contributed by atoms with Gasteiger partial charge in [0.15, 0.2) is 0 Å². The van der Waals surface area contributed by atoms with E-state index in [0.29, 0.717) is 0 Å². The first-order chi connectivity index (χ1) is 38.7. The van der Waals surface area contributed by atoms with Crippen LogP contribution >= 0.6 is 11.3 Å². The zero-order chi connectivity index (χ0) is 56.1. The van der Waals surface area contributed by atoms with Crippen molar-refractivity contribution in [3.63, 3.8) is 0 Å². The minimum absolute atomic E-state index is 0.00725. The maximum Gasteiger partial charge on any atom is 0.264 e. The smallest absolute Gasteiger partial charge is 0.264 e. The Hall–Kier alpha value is -8.12. The van der Waals surface area contributed by atoms with Crippen molar-refractivity contribution >= 4 is 127 Å². The highest BCUT2D eigenvalue weighted by molar-refractivity contribution is 7.33. The zero-order valence-electron chi connectivity index (χ0n) is 49.0. The molecule has 0 saturated heterocycles. The molecular weight excluding hydrogens is 998 g/mol. The Kier molecular flexibility index (Phi) is 11.5. The molecule has 3 heterocycles. The van der Waals surface area contributed by atoms with Gasteiger partial charge in [0.2, 0.25) is 0 Å². The van der Waals surface area contributed by atoms with Crippen LogP contribution in [0.1, 0.15) is 105 Å². The third-order valence-corrected chi connectivity index (χ3v) is 18.8. The number of fused-ring (bicyclic) bond motifs is 6. The van der Waals surface area contributed by atoms with Gasteiger partial charge in [-0.25, -0.2) is 0 Å². The van der Waals surface area contributed by atoms with Gasteiger partial charge in [0.25, 0.3) is 6.71 Å². The van der Waals surface area contributed by atoms with Crippen LogP contribution in [-0.4, -0.2) is 6.71 Å². The lowest BCUT2D eigenvalue weighted by molar-refractivity contribution is 0.590. The normalized spacial score (nSPS) is 13.6. The average Bonchev–Trinajstić information content (AvgIpc) is 3.14. The average molecular weight is 1070 g/mol. The fraction of sp³-hybridized carbons (Fsp3) is 0.211. The summed E-state index contributed by atoms with van der Waals surface area (Å²) >= 11 is 1.98. The van der Waals surface area contributed by atoms with Crippen LogP contribution in [0.3, 0.4) is 0 Å². The number of anilines is 9. The predicted octanol–water partition coefficient (Wildman–Crippen LogP) is 20.2. The van der Waals surface area contributed by atoms with Crippen LogP contribution in [0.15, 0.2) is 206 Å². The van der Waals surface area contributed by atoms with E-state index in [-0.39, 0.29) is 28.4 Å². The van der Waals surface area contributed by atoms with Gasteiger partial charge in [-0.05, 0) is 178 Å². The Balaban J connectivity index is 1.13. The highest BCUT2D eigenvalue weighted by Crippen LogP contribution is 2.53. The largest absolute Gasteiger partial charge is 0.311 e. The summed E-state index contributed by atoms with van der Waals surface area (Å²) in [6.07, 6.45) is 0. The van der Waals surface area contributed by atoms with Gasteiger partial charge in [-0.2, -0.15) is 0 Å². The third kappa shape index (κ3) is 8.28. The Bertz CT molecular complexity index is 4390. The summed E-state index contributed by atoms with van der Waals surface area (Å²) in [6, 6.07) is 79.3. The molecule has 2 aliphatic rings. The first-order valence-corrected chi connectivity index (χ1v) is 29.8. The molecule has 398 valence electrons. The zero-order valence-corrected chi connectivity index (χ0v) is 49.8. The molecule has 2 aliphatic heterocycles. The first kappa shape index (κ1) is 51.1. The van der Waals surface area contributed by atoms with Crippen molar-refractivity contribution in [2.24, 2.45) is 0 Å². The number of thiophene rings is 1. The number of benzene rings is 11. The van der Waals surface area contributed by atoms with Gasteiger partial charge in [0, 0.05) is 60.2 Å². The number of nitrogens with zero attached hydrogens (tertiary/aromatic N) is 3. The fourth-order valence-corrected chi connectivity index (χ4v) is 14.4. The highest BCUT2D eigenvalue weighted by Gasteiger charge is 2.47. The molecule has 12 aromatic rings. The van der Waals surface area contributed by atoms with Crippen molar-refractivity contribution < 1.29 is 0 Å². The lowest BCUT2D eigenvalue weighted by Gasteiger charge is -2.45. The summed E-state index contributed by atoms with van der Waals surface area (Å²) in [6.45, 7) is 28.1. The van der Waals surface area contributed by atoms with Gasteiger partial charge >= 0.3 is 0 Å². The van der Waals surface area contributed by atoms with Crippen molar-refractivity contribution in [3.05, 3.63) is 229 Å². The molecule has 14 rings (SSSR count). The second-order valence-corrected chi connectivity index (χ2v) is 28.1. The summed E-state index contributed by atoms with van der Waals surface area (Å²) in [4.78, 5) is 7.78. The third-order valence-electron chi connectivity index (χ3n) is 17.6. The van der Waals surface area contributed by atoms with Crippen LogP contribution < -0.4 is 30.4 Å². The molecule has 0 aliphatic carbocycles. The molecule has 1 aromatic heterocycles. The molecule has 0 amide bonds. The Morgan fingerprint density at radius 2 is 0.926 bits per heavy atom. The molecule has 11 aromatic carbocycles. The molecule has 3 nitrogen and oxygen atoms in total. The molecule has 0 saturated carbocycles. The maximum atomic E-state index is 2.69. The van der Waals surface area contributed by atoms with E-state index in [0.717, 1.165) is 22.7 Å². The van der Waals surface area contributed by atoms with E-state index >= 15 is 0 Å². The van der Waals surface area contributed by atoms with Gasteiger partial charge < -0.3 is 14.7 Å². The Morgan fingerprint density at radius 1 is 0.370 bits per heavy atom. The summed E-state index contributed by atoms with van der Waals surface area (Å²) in [5, 5.41) is 9.05. The van der Waals surface area contributed by atoms with Crippen LogP contribution in [0, 0.1) is 0 Å². The lowest BCUT2D eigenvalue weighted by Crippen LogP contribution is -2.60. The van der Waals surface area contributed by atoms with Crippen molar-refractivity contribution in [1.82, 2.24) is 0 Å². The molecule has 5 heteroatoms. The van der Waals surface area contributed by atoms with E-state index < -0.39 is 0 Å². The standard InChI is InChI=1S/C76H70BN3S/c1-73(2,3)50-30-34-56(35-31-50)79-65-44-53(76(10,11)12)45-66-70(65)77(72-71(79)61-43-52(75(7,8)9)33-41-67(61)81-72)62-39-36-57(78(54-22-15-13-16-23-54)55-24-17-14-18-25-55)46-64(62)80(66)63-40-32-51(74(4,5)6)42-60(63)58-37-28-49-27-26-47-20-19-21-48-29-38-59(58)69(49)68(47)48/h13-46H,1-12H3. The summed E-state index contributed by atoms with van der Waals surface area (Å²) in [5.74, 6) is 0. The minimum atomic E-state index is -0.199. The van der Waals surface area contributed by atoms with Crippen molar-refractivity contribution in [3.8, 4) is 11.1 Å². The summed E-state index contributed by atoms with van der Waals surface area (Å²) < 4.78 is 2.68. The SMILES string of the molecule is CC(C)(C)c1ccc(N2c3cc(C(C)(C)C)cc4c3B(c3ccc(N(c5ccccc5)c5ccccc5)cc3N4c3ccc(C(C)(C)C)cc3-c3ccc4ccc5cccc6ccc3c4c56)c3sc4ccc(C(C)(C)C)cc4c32)cc1. The van der Waals surface area contributed by atoms with Crippen molar-refractivity contribution in [2.45, 2.75) is 105 Å². The molecule has 0 atom stereocenters. The number of hydrogen-bond acceptors (Lipinski definition) is 4. The molecule has 0 spiro atoms. The van der Waals surface area contributed by atoms with Crippen LogP contribution in [-0.2, 0) is 21.7 Å². The van der Waals surface area contributed by atoms with Crippen molar-refractivity contribution in [2.75, 3.05) is 14.7 Å². The second kappa shape index (κ2) is 18.2. The molecule has 0 radical (unpaired) electrons. The number of hydrogen-bond donors (Lipinski definition) is 0. The van der Waals surface area contributed by atoms with E-state index in [4.69, 9.17) is 0 Å². The van der Waals surface area contributed by atoms with Crippen molar-refractivity contribution in [1.29, 1.82) is 0 Å². The minimum Gasteiger partial charge on any atom is -0.311 e. The molecule has 0 N–H and O–H groups in total. The summed E-state index contributed by atoms with van der Waals surface area (Å²) in [7, 11) is 0. The van der Waals surface area contributed by atoms with Crippen LogP contribution in [0.2, 0.25) is 0 Å². The Morgan fingerprint density at radius 3 is 1.56 bits per heavy atom. The molecule has 0 unspecified atom stereocenters. The van der Waals surface area contributed by atoms with Gasteiger partial charge in [-0.3, -0.25) is 0 Å². The van der Waals surface area contributed by atoms with Crippen LogP contribution in [0.4, 0.5) is 51.2 Å². The quantitative estimate of drug-likeness (QED) is 0.121. The van der Waals surface area contributed by atoms with Gasteiger partial charge in [0.1, 0.15) is 0 Å². The van der Waals surface area contributed by atoms with E-state index in [2.05, 4.69) is 304 Å². The highest BCUT2D eigenvalue weighted by atomic mass is 32.1. The van der Waals surface area contributed by atoms with E-state index in [1.807, 2.05) is 11.3 Å². The number of rotatable bonds is 6. The topological polar surface area (TPSA) is 9.72 Å². The molecule has 81 heavy (non-hydrogen) atoms. The number of para-hydroxylation sites is 2. The molecule has 0 bridgehead atoms. The summed E-state index contributed by atoms with van der Waals surface area (Å²) in [5.41, 5.74) is 20.6. The monoisotopic (exact) mass is 1070 g/mol. The lowest BCUT2D eigenvalue weighted by atomic mass is 9.36. The first-order valence-electron chi connectivity index (χ1n) is 29.0. The predicted molar refractivity (Wildman–Crippen MR) is 354 cm³/mol. The van der Waals surface area contributed by atoms with Crippen LogP contribution in [0.25, 0.3) is 53.5 Å². The van der Waals surface area contributed by atoms with E-state index in [1.165, 1.54) is 120 Å². The Labute approximate surface area is 483 Å². The maximum absolute atomic E-state index is 2.69. The van der Waals surface area contributed by atoms with Gasteiger partial charge in [-0.15, -0.1) is 11.3 Å². The van der Waals surface area contributed by atoms with Crippen LogP contribution in [0.5, 0.6) is 0 Å². The second-order valence-electron chi connectivity index (χ2n) is 27.1. The fourth-order valence-electron chi connectivity index (χ4n) is 13.1. The molecule has 0 fully saturated rings.